The molecule has 0 aromatic heterocycles. The topological polar surface area (TPSA) is 134 Å². The van der Waals surface area contributed by atoms with Crippen molar-refractivity contribution in [1.82, 2.24) is 0 Å². The third kappa shape index (κ3) is 4.72. The normalized spacial score (nSPS) is 14.3. The predicted molar refractivity (Wildman–Crippen MR) is 38.4 cm³/mol. The molecule has 0 aromatic rings. The van der Waals surface area contributed by atoms with E-state index in [-0.39, 0.29) is 0 Å². The molecule has 0 radical (unpaired) electrons. The SMILES string of the molecule is O=C(OC(O)CO)C(=O)OC(O)CO. The van der Waals surface area contributed by atoms with Gasteiger partial charge >= 0.3 is 11.9 Å². The number of rotatable bonds is 4. The van der Waals surface area contributed by atoms with Gasteiger partial charge in [0.15, 0.2) is 0 Å². The third-order valence-electron chi connectivity index (χ3n) is 0.965. The second-order valence-corrected chi connectivity index (χ2v) is 2.09. The van der Waals surface area contributed by atoms with Gasteiger partial charge in [-0.05, 0) is 0 Å². The monoisotopic (exact) mass is 210 g/mol. The number of carbonyl (C=O) groups is 2. The molecule has 0 heterocycles. The summed E-state index contributed by atoms with van der Waals surface area (Å²) < 4.78 is 7.81. The Labute approximate surface area is 78.3 Å². The standard InChI is InChI=1S/C6H10O8/c7-1-3(9)13-5(11)6(12)14-4(10)2-8/h3-4,7-10H,1-2H2. The number of ether oxygens (including phenoxy) is 2. The molecule has 0 spiro atoms. The van der Waals surface area contributed by atoms with Gasteiger partial charge in [0.1, 0.15) is 13.2 Å². The van der Waals surface area contributed by atoms with Gasteiger partial charge in [-0.3, -0.25) is 0 Å². The summed E-state index contributed by atoms with van der Waals surface area (Å²) in [6, 6.07) is 0. The Balaban J connectivity index is 3.94. The lowest BCUT2D eigenvalue weighted by Gasteiger charge is -2.10. The lowest BCUT2D eigenvalue weighted by atomic mass is 10.6. The highest BCUT2D eigenvalue weighted by Crippen LogP contribution is 1.92. The van der Waals surface area contributed by atoms with Crippen molar-refractivity contribution in [3.8, 4) is 0 Å². The first-order valence-electron chi connectivity index (χ1n) is 3.50. The number of carbonyl (C=O) groups excluding carboxylic acids is 2. The summed E-state index contributed by atoms with van der Waals surface area (Å²) in [5.41, 5.74) is 0. The summed E-state index contributed by atoms with van der Waals surface area (Å²) in [4.78, 5) is 21.2. The van der Waals surface area contributed by atoms with Crippen LogP contribution in [0.1, 0.15) is 0 Å². The van der Waals surface area contributed by atoms with E-state index in [9.17, 15) is 9.59 Å². The lowest BCUT2D eigenvalue weighted by molar-refractivity contribution is -0.199. The van der Waals surface area contributed by atoms with E-state index in [1.165, 1.54) is 0 Å². The van der Waals surface area contributed by atoms with Crippen LogP contribution in [0.5, 0.6) is 0 Å². The second-order valence-electron chi connectivity index (χ2n) is 2.09. The molecule has 8 nitrogen and oxygen atoms in total. The van der Waals surface area contributed by atoms with Crippen LogP contribution in [0.2, 0.25) is 0 Å². The molecule has 0 amide bonds. The van der Waals surface area contributed by atoms with E-state index >= 15 is 0 Å². The van der Waals surface area contributed by atoms with Crippen LogP contribution in [-0.2, 0) is 19.1 Å². The molecule has 2 unspecified atom stereocenters. The van der Waals surface area contributed by atoms with Crippen molar-refractivity contribution in [3.05, 3.63) is 0 Å². The molecule has 0 aliphatic heterocycles. The summed E-state index contributed by atoms with van der Waals surface area (Å²) in [5, 5.41) is 33.6. The first-order valence-corrected chi connectivity index (χ1v) is 3.50. The van der Waals surface area contributed by atoms with Crippen molar-refractivity contribution >= 4 is 11.9 Å². The zero-order chi connectivity index (χ0) is 11.1. The van der Waals surface area contributed by atoms with Gasteiger partial charge in [-0.15, -0.1) is 0 Å². The molecule has 8 heteroatoms. The summed E-state index contributed by atoms with van der Waals surface area (Å²) in [6.07, 6.45) is -3.66. The molecule has 0 fully saturated rings. The number of esters is 2. The first-order chi connectivity index (χ1) is 6.51. The highest BCUT2D eigenvalue weighted by molar-refractivity contribution is 6.29. The van der Waals surface area contributed by atoms with Crippen molar-refractivity contribution in [2.45, 2.75) is 12.6 Å². The van der Waals surface area contributed by atoms with Crippen molar-refractivity contribution in [2.24, 2.45) is 0 Å². The van der Waals surface area contributed by atoms with Gasteiger partial charge in [-0.25, -0.2) is 9.59 Å². The molecular weight excluding hydrogens is 200 g/mol. The maximum atomic E-state index is 10.6. The fourth-order valence-electron chi connectivity index (χ4n) is 0.418. The quantitative estimate of drug-likeness (QED) is 0.215. The van der Waals surface area contributed by atoms with E-state index in [1.54, 1.807) is 0 Å². The predicted octanol–water partition coefficient (Wildman–Crippen LogP) is -3.31. The van der Waals surface area contributed by atoms with E-state index in [4.69, 9.17) is 20.4 Å². The van der Waals surface area contributed by atoms with Crippen molar-refractivity contribution in [2.75, 3.05) is 13.2 Å². The van der Waals surface area contributed by atoms with Crippen LogP contribution >= 0.6 is 0 Å². The Kier molecular flexibility index (Phi) is 5.72. The van der Waals surface area contributed by atoms with Crippen LogP contribution in [0.3, 0.4) is 0 Å². The zero-order valence-electron chi connectivity index (χ0n) is 6.99. The number of aliphatic hydroxyl groups excluding tert-OH is 4. The van der Waals surface area contributed by atoms with Gasteiger partial charge in [0.25, 0.3) is 0 Å². The summed E-state index contributed by atoms with van der Waals surface area (Å²) in [7, 11) is 0. The minimum atomic E-state index is -1.83. The molecule has 0 aliphatic rings. The van der Waals surface area contributed by atoms with Gasteiger partial charge in [0.05, 0.1) is 0 Å². The van der Waals surface area contributed by atoms with Gasteiger partial charge < -0.3 is 29.9 Å². The van der Waals surface area contributed by atoms with Gasteiger partial charge in [0.2, 0.25) is 12.6 Å². The average Bonchev–Trinajstić information content (AvgIpc) is 2.17. The summed E-state index contributed by atoms with van der Waals surface area (Å²) >= 11 is 0. The van der Waals surface area contributed by atoms with Crippen LogP contribution in [-0.4, -0.2) is 58.2 Å². The van der Waals surface area contributed by atoms with Crippen LogP contribution in [0.25, 0.3) is 0 Å². The molecule has 82 valence electrons. The summed E-state index contributed by atoms with van der Waals surface area (Å²) in [5.74, 6) is -3.17. The highest BCUT2D eigenvalue weighted by Gasteiger charge is 2.23. The Hall–Kier alpha value is -1.22. The van der Waals surface area contributed by atoms with E-state index < -0.39 is 37.7 Å². The number of hydrogen-bond donors (Lipinski definition) is 4. The highest BCUT2D eigenvalue weighted by atomic mass is 16.7. The van der Waals surface area contributed by atoms with Crippen LogP contribution in [0.15, 0.2) is 0 Å². The Bertz CT molecular complexity index is 180. The average molecular weight is 210 g/mol. The Morgan fingerprint density at radius 1 is 0.929 bits per heavy atom. The molecule has 0 saturated carbocycles. The molecule has 0 bridgehead atoms. The molecule has 0 aliphatic carbocycles. The van der Waals surface area contributed by atoms with Gasteiger partial charge in [-0.1, -0.05) is 0 Å². The first kappa shape index (κ1) is 12.8. The van der Waals surface area contributed by atoms with Gasteiger partial charge in [-0.2, -0.15) is 0 Å². The molecule has 0 saturated heterocycles. The third-order valence-corrected chi connectivity index (χ3v) is 0.965. The van der Waals surface area contributed by atoms with Crippen molar-refractivity contribution in [3.63, 3.8) is 0 Å². The molecule has 0 rings (SSSR count). The minimum Gasteiger partial charge on any atom is -0.425 e. The molecule has 14 heavy (non-hydrogen) atoms. The molecule has 2 atom stereocenters. The van der Waals surface area contributed by atoms with Crippen molar-refractivity contribution in [1.29, 1.82) is 0 Å². The van der Waals surface area contributed by atoms with Crippen LogP contribution in [0.4, 0.5) is 0 Å². The van der Waals surface area contributed by atoms with Gasteiger partial charge in [0, 0.05) is 0 Å². The Morgan fingerprint density at radius 2 is 1.21 bits per heavy atom. The van der Waals surface area contributed by atoms with Crippen LogP contribution < -0.4 is 0 Å². The van der Waals surface area contributed by atoms with Crippen LogP contribution in [0, 0.1) is 0 Å². The van der Waals surface area contributed by atoms with Crippen molar-refractivity contribution < 1.29 is 39.5 Å². The maximum Gasteiger partial charge on any atom is 0.419 e. The zero-order valence-corrected chi connectivity index (χ0v) is 6.99. The second kappa shape index (κ2) is 6.27. The fourth-order valence-corrected chi connectivity index (χ4v) is 0.418. The maximum absolute atomic E-state index is 10.6. The van der Waals surface area contributed by atoms with E-state index in [2.05, 4.69) is 9.47 Å². The van der Waals surface area contributed by atoms with E-state index in [0.29, 0.717) is 0 Å². The molecule has 0 aromatic carbocycles. The smallest absolute Gasteiger partial charge is 0.419 e. The minimum absolute atomic E-state index is 0.873. The Morgan fingerprint density at radius 3 is 1.43 bits per heavy atom. The molecular formula is C6H10O8. The fraction of sp³-hybridized carbons (Fsp3) is 0.667. The largest absolute Gasteiger partial charge is 0.425 e. The van der Waals surface area contributed by atoms with E-state index in [1.807, 2.05) is 0 Å². The van der Waals surface area contributed by atoms with E-state index in [0.717, 1.165) is 0 Å². The molecule has 4 N–H and O–H groups in total. The lowest BCUT2D eigenvalue weighted by Crippen LogP contribution is -2.31. The number of hydrogen-bond acceptors (Lipinski definition) is 8. The summed E-state index contributed by atoms with van der Waals surface area (Å²) in [6.45, 7) is -1.75. The number of aliphatic hydroxyl groups is 4.